The third kappa shape index (κ3) is 3.24. The lowest BCUT2D eigenvalue weighted by atomic mass is 9.80. The summed E-state index contributed by atoms with van der Waals surface area (Å²) in [7, 11) is 0. The average Bonchev–Trinajstić information content (AvgIpc) is 3.02. The zero-order valence-corrected chi connectivity index (χ0v) is 24.9. The predicted octanol–water partition coefficient (Wildman–Crippen LogP) is 8.17. The predicted molar refractivity (Wildman–Crippen MR) is 168 cm³/mol. The lowest BCUT2D eigenvalue weighted by Gasteiger charge is -2.35. The van der Waals surface area contributed by atoms with Crippen LogP contribution in [-0.4, -0.2) is 45.5 Å². The van der Waals surface area contributed by atoms with Crippen molar-refractivity contribution in [3.8, 4) is 0 Å². The number of fused-ring (bicyclic) bond motifs is 2. The Bertz CT molecular complexity index is 2150. The van der Waals surface area contributed by atoms with Crippen molar-refractivity contribution in [3.05, 3.63) is 75.6 Å². The minimum Gasteiger partial charge on any atom is -0.271 e. The molecule has 0 saturated carbocycles. The number of amides is 4. The Morgan fingerprint density at radius 3 is 1.47 bits per heavy atom. The maximum Gasteiger partial charge on any atom is 0.261 e. The van der Waals surface area contributed by atoms with E-state index in [2.05, 4.69) is 4.85 Å². The Kier molecular flexibility index (Phi) is 5.87. The molecule has 0 bridgehead atoms. The van der Waals surface area contributed by atoms with Gasteiger partial charge in [-0.1, -0.05) is 39.8 Å². The number of hydrogen-bond acceptors (Lipinski definition) is 4. The van der Waals surface area contributed by atoms with Crippen molar-refractivity contribution in [2.24, 2.45) is 0 Å². The standard InChI is InChI=1S/C36H31N3O4/c1-7-18(8-2)38-33(40)22-14-12-21-30-26(37-6)16-25-29-23(34(41)39(36(25)43)19(9-3)10-4)13-11-20(32(29)30)27-17(5)15-24(35(38)42)28(22)31(21)27/h11-16,18-19H,7-10H2,1-5H3. The molecule has 5 aromatic carbocycles. The molecule has 0 aromatic heterocycles. The van der Waals surface area contributed by atoms with Crippen LogP contribution in [0, 0.1) is 13.5 Å². The molecule has 0 radical (unpaired) electrons. The summed E-state index contributed by atoms with van der Waals surface area (Å²) in [6.45, 7) is 18.0. The van der Waals surface area contributed by atoms with Crippen molar-refractivity contribution in [2.45, 2.75) is 72.4 Å². The Hall–Kier alpha value is -4.83. The lowest BCUT2D eigenvalue weighted by Crippen LogP contribution is -2.46. The third-order valence-electron chi connectivity index (χ3n) is 9.81. The van der Waals surface area contributed by atoms with Gasteiger partial charge in [0.25, 0.3) is 23.6 Å². The zero-order valence-electron chi connectivity index (χ0n) is 24.9. The molecule has 2 heterocycles. The molecular formula is C36H31N3O4. The van der Waals surface area contributed by atoms with Gasteiger partial charge in [-0.2, -0.15) is 0 Å². The second-order valence-corrected chi connectivity index (χ2v) is 11.8. The van der Waals surface area contributed by atoms with E-state index in [1.54, 1.807) is 18.2 Å². The number of nitrogens with zero attached hydrogens (tertiary/aromatic N) is 3. The molecule has 0 fully saturated rings. The van der Waals surface area contributed by atoms with Gasteiger partial charge in [-0.15, -0.1) is 0 Å². The molecule has 0 spiro atoms. The highest BCUT2D eigenvalue weighted by Crippen LogP contribution is 2.50. The molecule has 0 aliphatic carbocycles. The quantitative estimate of drug-likeness (QED) is 0.0894. The largest absolute Gasteiger partial charge is 0.271 e. The van der Waals surface area contributed by atoms with Crippen LogP contribution in [0.25, 0.3) is 47.9 Å². The monoisotopic (exact) mass is 569 g/mol. The molecule has 7 nitrogen and oxygen atoms in total. The van der Waals surface area contributed by atoms with Crippen LogP contribution in [0.2, 0.25) is 0 Å². The average molecular weight is 570 g/mol. The van der Waals surface area contributed by atoms with E-state index in [0.29, 0.717) is 75.2 Å². The first-order chi connectivity index (χ1) is 20.7. The molecule has 2 aliphatic rings. The molecule has 7 heteroatoms. The van der Waals surface area contributed by atoms with Gasteiger partial charge in [0, 0.05) is 45.1 Å². The second kappa shape index (κ2) is 9.34. The Balaban J connectivity index is 1.65. The Morgan fingerprint density at radius 1 is 0.581 bits per heavy atom. The number of carbonyl (C=O) groups excluding carboxylic acids is 4. The van der Waals surface area contributed by atoms with E-state index in [4.69, 9.17) is 6.57 Å². The summed E-state index contributed by atoms with van der Waals surface area (Å²) in [5, 5.41) is 5.69. The molecular weight excluding hydrogens is 538 g/mol. The topological polar surface area (TPSA) is 79.1 Å². The van der Waals surface area contributed by atoms with Crippen LogP contribution >= 0.6 is 0 Å². The van der Waals surface area contributed by atoms with Crippen molar-refractivity contribution < 1.29 is 19.2 Å². The van der Waals surface area contributed by atoms with Gasteiger partial charge >= 0.3 is 0 Å². The number of imide groups is 2. The van der Waals surface area contributed by atoms with Gasteiger partial charge in [-0.3, -0.25) is 29.0 Å². The second-order valence-electron chi connectivity index (χ2n) is 11.8. The summed E-state index contributed by atoms with van der Waals surface area (Å²) in [5.74, 6) is -1.28. The Labute approximate surface area is 249 Å². The first-order valence-electron chi connectivity index (χ1n) is 15.1. The highest BCUT2D eigenvalue weighted by molar-refractivity contribution is 6.43. The normalized spacial score (nSPS) is 15.0. The molecule has 2 aliphatic heterocycles. The van der Waals surface area contributed by atoms with Crippen LogP contribution in [0.5, 0.6) is 0 Å². The number of hydrogen-bond donors (Lipinski definition) is 0. The van der Waals surface area contributed by atoms with Crippen molar-refractivity contribution in [2.75, 3.05) is 0 Å². The van der Waals surface area contributed by atoms with Gasteiger partial charge in [0.05, 0.1) is 6.57 Å². The van der Waals surface area contributed by atoms with E-state index >= 15 is 0 Å². The highest BCUT2D eigenvalue weighted by atomic mass is 16.2. The molecule has 43 heavy (non-hydrogen) atoms. The summed E-state index contributed by atoms with van der Waals surface area (Å²) in [6.07, 6.45) is 2.62. The van der Waals surface area contributed by atoms with Gasteiger partial charge in [0.2, 0.25) is 0 Å². The van der Waals surface area contributed by atoms with Crippen molar-refractivity contribution in [1.82, 2.24) is 9.80 Å². The smallest absolute Gasteiger partial charge is 0.261 e. The maximum absolute atomic E-state index is 13.9. The van der Waals surface area contributed by atoms with Crippen LogP contribution in [0.3, 0.4) is 0 Å². The molecule has 0 unspecified atom stereocenters. The summed E-state index contributed by atoms with van der Waals surface area (Å²) < 4.78 is 0. The molecule has 5 aromatic rings. The number of aryl methyl sites for hydroxylation is 1. The van der Waals surface area contributed by atoms with Crippen LogP contribution < -0.4 is 0 Å². The minimum atomic E-state index is -0.370. The van der Waals surface area contributed by atoms with E-state index < -0.39 is 0 Å². The molecule has 0 saturated heterocycles. The summed E-state index contributed by atoms with van der Waals surface area (Å²) >= 11 is 0. The van der Waals surface area contributed by atoms with E-state index in [-0.39, 0.29) is 35.7 Å². The fraction of sp³-hybridized carbons (Fsp3) is 0.306. The fourth-order valence-corrected chi connectivity index (χ4v) is 7.74. The van der Waals surface area contributed by atoms with E-state index in [1.807, 2.05) is 52.8 Å². The van der Waals surface area contributed by atoms with Gasteiger partial charge in [0.1, 0.15) is 0 Å². The molecule has 7 rings (SSSR count). The Morgan fingerprint density at radius 2 is 1.00 bits per heavy atom. The third-order valence-corrected chi connectivity index (χ3v) is 9.81. The highest BCUT2D eigenvalue weighted by Gasteiger charge is 2.40. The van der Waals surface area contributed by atoms with Gasteiger partial charge in [-0.25, -0.2) is 4.85 Å². The van der Waals surface area contributed by atoms with Gasteiger partial charge in [-0.05, 0) is 94.8 Å². The van der Waals surface area contributed by atoms with Crippen molar-refractivity contribution >= 4 is 72.4 Å². The molecule has 214 valence electrons. The van der Waals surface area contributed by atoms with Crippen LogP contribution in [-0.2, 0) is 0 Å². The van der Waals surface area contributed by atoms with Crippen LogP contribution in [0.15, 0.2) is 36.4 Å². The first kappa shape index (κ1) is 27.0. The van der Waals surface area contributed by atoms with Gasteiger partial charge in [0.15, 0.2) is 5.69 Å². The maximum atomic E-state index is 13.9. The molecule has 0 N–H and O–H groups in total. The summed E-state index contributed by atoms with van der Waals surface area (Å²) in [5.41, 5.74) is 2.96. The SMILES string of the molecule is [C-]#[N+]c1cc2c3c(ccc4c5c(C)cc6c7c(ccc(c1c34)c75)C(=O)N(C(CC)CC)C6=O)C(=O)N(C(CC)CC)C2=O. The summed E-state index contributed by atoms with van der Waals surface area (Å²) in [6, 6.07) is 10.4. The van der Waals surface area contributed by atoms with Gasteiger partial charge < -0.3 is 0 Å². The minimum absolute atomic E-state index is 0.198. The van der Waals surface area contributed by atoms with Crippen molar-refractivity contribution in [3.63, 3.8) is 0 Å². The van der Waals surface area contributed by atoms with E-state index in [1.165, 1.54) is 9.80 Å². The van der Waals surface area contributed by atoms with Crippen molar-refractivity contribution in [1.29, 1.82) is 0 Å². The summed E-state index contributed by atoms with van der Waals surface area (Å²) in [4.78, 5) is 62.3. The number of carbonyl (C=O) groups is 4. The van der Waals surface area contributed by atoms with E-state index in [0.717, 1.165) is 27.1 Å². The van der Waals surface area contributed by atoms with E-state index in [9.17, 15) is 19.2 Å². The number of benzene rings is 5. The zero-order chi connectivity index (χ0) is 30.5. The molecule has 4 amide bonds. The number of rotatable bonds is 6. The molecule has 0 atom stereocenters. The van der Waals surface area contributed by atoms with Crippen LogP contribution in [0.1, 0.15) is 100 Å². The lowest BCUT2D eigenvalue weighted by molar-refractivity contribution is 0.0514. The van der Waals surface area contributed by atoms with Crippen LogP contribution in [0.4, 0.5) is 5.69 Å². The fourth-order valence-electron chi connectivity index (χ4n) is 7.74. The first-order valence-corrected chi connectivity index (χ1v) is 15.1.